The first-order valence-electron chi connectivity index (χ1n) is 6.47. The van der Waals surface area contributed by atoms with E-state index in [4.69, 9.17) is 5.11 Å². The Hall–Kier alpha value is -1.75. The largest absolute Gasteiger partial charge is 0.478 e. The van der Waals surface area contributed by atoms with E-state index in [0.717, 1.165) is 29.7 Å². The molecule has 1 unspecified atom stereocenters. The lowest BCUT2D eigenvalue weighted by Crippen LogP contribution is -2.44. The van der Waals surface area contributed by atoms with Crippen LogP contribution in [0.5, 0.6) is 0 Å². The third-order valence-electron chi connectivity index (χ3n) is 3.18. The van der Waals surface area contributed by atoms with Crippen LogP contribution in [0.3, 0.4) is 0 Å². The van der Waals surface area contributed by atoms with Crippen LogP contribution in [0.15, 0.2) is 30.3 Å². The summed E-state index contributed by atoms with van der Waals surface area (Å²) in [6.07, 6.45) is 2.57. The summed E-state index contributed by atoms with van der Waals surface area (Å²) in [5.41, 5.74) is 1.33. The molecule has 1 saturated heterocycles. The summed E-state index contributed by atoms with van der Waals surface area (Å²) in [6, 6.07) is 7.30. The molecule has 1 amide bonds. The van der Waals surface area contributed by atoms with Crippen LogP contribution < -0.4 is 0 Å². The van der Waals surface area contributed by atoms with Gasteiger partial charge in [-0.15, -0.1) is 0 Å². The highest BCUT2D eigenvalue weighted by Crippen LogP contribution is 2.19. The summed E-state index contributed by atoms with van der Waals surface area (Å²) in [5, 5.41) is 8.63. The highest BCUT2D eigenvalue weighted by Gasteiger charge is 2.24. The van der Waals surface area contributed by atoms with Gasteiger partial charge in [-0.2, -0.15) is 11.8 Å². The lowest BCUT2D eigenvalue weighted by Gasteiger charge is -2.33. The van der Waals surface area contributed by atoms with Crippen LogP contribution in [-0.2, 0) is 4.79 Å². The van der Waals surface area contributed by atoms with Crippen molar-refractivity contribution >= 4 is 29.7 Å². The minimum Gasteiger partial charge on any atom is -0.478 e. The number of aliphatic carboxylic acids is 1. The van der Waals surface area contributed by atoms with Crippen molar-refractivity contribution in [2.75, 3.05) is 18.1 Å². The Morgan fingerprint density at radius 1 is 1.45 bits per heavy atom. The maximum atomic E-state index is 12.5. The molecular weight excluding hydrogens is 274 g/mol. The van der Waals surface area contributed by atoms with E-state index < -0.39 is 5.97 Å². The summed E-state index contributed by atoms with van der Waals surface area (Å²) >= 11 is 1.86. The smallest absolute Gasteiger partial charge is 0.328 e. The second-order valence-corrected chi connectivity index (χ2v) is 5.87. The van der Waals surface area contributed by atoms with E-state index in [1.54, 1.807) is 24.3 Å². The Bertz CT molecular complexity index is 542. The Kier molecular flexibility index (Phi) is 4.84. The first-order valence-corrected chi connectivity index (χ1v) is 7.63. The van der Waals surface area contributed by atoms with Gasteiger partial charge in [0.1, 0.15) is 0 Å². The number of carboxylic acid groups (broad SMARTS) is 1. The van der Waals surface area contributed by atoms with Crippen molar-refractivity contribution in [1.82, 2.24) is 4.90 Å². The molecule has 0 radical (unpaired) electrons. The van der Waals surface area contributed by atoms with Gasteiger partial charge in [0.2, 0.25) is 0 Å². The number of rotatable bonds is 3. The van der Waals surface area contributed by atoms with Crippen LogP contribution >= 0.6 is 11.8 Å². The molecule has 1 aromatic carbocycles. The van der Waals surface area contributed by atoms with Crippen molar-refractivity contribution in [3.8, 4) is 0 Å². The van der Waals surface area contributed by atoms with Crippen molar-refractivity contribution in [2.24, 2.45) is 0 Å². The van der Waals surface area contributed by atoms with Gasteiger partial charge >= 0.3 is 5.97 Å². The highest BCUT2D eigenvalue weighted by molar-refractivity contribution is 7.99. The van der Waals surface area contributed by atoms with Crippen LogP contribution in [0.25, 0.3) is 6.08 Å². The van der Waals surface area contributed by atoms with Gasteiger partial charge in [-0.25, -0.2) is 4.79 Å². The lowest BCUT2D eigenvalue weighted by atomic mass is 10.1. The molecule has 0 spiro atoms. The maximum absolute atomic E-state index is 12.5. The van der Waals surface area contributed by atoms with Crippen LogP contribution in [0.4, 0.5) is 0 Å². The van der Waals surface area contributed by atoms with Crippen molar-refractivity contribution < 1.29 is 14.7 Å². The second-order valence-electron chi connectivity index (χ2n) is 4.72. The number of nitrogens with zero attached hydrogens (tertiary/aromatic N) is 1. The number of amides is 1. The summed E-state index contributed by atoms with van der Waals surface area (Å²) < 4.78 is 0. The predicted molar refractivity (Wildman–Crippen MR) is 80.9 cm³/mol. The standard InChI is InChI=1S/C15H17NO3S/c1-11-10-20-8-7-16(11)15(19)13-4-2-3-12(9-13)5-6-14(17)18/h2-6,9,11H,7-8,10H2,1H3,(H,17,18). The first-order chi connectivity index (χ1) is 9.58. The normalized spacial score (nSPS) is 19.2. The SMILES string of the molecule is CC1CSCCN1C(=O)c1cccc(C=CC(=O)O)c1. The van der Waals surface area contributed by atoms with Gasteiger partial charge in [0.25, 0.3) is 5.91 Å². The maximum Gasteiger partial charge on any atom is 0.328 e. The summed E-state index contributed by atoms with van der Waals surface area (Å²) in [5.74, 6) is 0.950. The summed E-state index contributed by atoms with van der Waals surface area (Å²) in [6.45, 7) is 2.82. The van der Waals surface area contributed by atoms with Crippen LogP contribution in [-0.4, -0.2) is 46.0 Å². The van der Waals surface area contributed by atoms with Gasteiger partial charge in [-0.3, -0.25) is 4.79 Å². The number of hydrogen-bond acceptors (Lipinski definition) is 3. The molecule has 4 nitrogen and oxygen atoms in total. The fourth-order valence-electron chi connectivity index (χ4n) is 2.14. The molecule has 1 aliphatic heterocycles. The molecule has 2 rings (SSSR count). The fraction of sp³-hybridized carbons (Fsp3) is 0.333. The molecule has 0 aliphatic carbocycles. The molecule has 1 heterocycles. The van der Waals surface area contributed by atoms with Crippen molar-refractivity contribution in [2.45, 2.75) is 13.0 Å². The molecule has 1 N–H and O–H groups in total. The monoisotopic (exact) mass is 291 g/mol. The number of carbonyl (C=O) groups excluding carboxylic acids is 1. The molecule has 0 bridgehead atoms. The van der Waals surface area contributed by atoms with E-state index in [-0.39, 0.29) is 11.9 Å². The van der Waals surface area contributed by atoms with Crippen molar-refractivity contribution in [3.63, 3.8) is 0 Å². The number of carbonyl (C=O) groups is 2. The summed E-state index contributed by atoms with van der Waals surface area (Å²) in [4.78, 5) is 24.9. The van der Waals surface area contributed by atoms with E-state index in [1.165, 1.54) is 6.08 Å². The van der Waals surface area contributed by atoms with E-state index >= 15 is 0 Å². The average Bonchev–Trinajstić information content (AvgIpc) is 2.45. The van der Waals surface area contributed by atoms with Gasteiger partial charge in [0, 0.05) is 35.7 Å². The third-order valence-corrected chi connectivity index (χ3v) is 4.37. The van der Waals surface area contributed by atoms with Gasteiger partial charge in [-0.05, 0) is 30.7 Å². The quantitative estimate of drug-likeness (QED) is 0.869. The molecule has 0 saturated carbocycles. The van der Waals surface area contributed by atoms with Crippen molar-refractivity contribution in [1.29, 1.82) is 0 Å². The number of carboxylic acids is 1. The Morgan fingerprint density at radius 2 is 2.25 bits per heavy atom. The molecule has 1 atom stereocenters. The topological polar surface area (TPSA) is 57.6 Å². The highest BCUT2D eigenvalue weighted by atomic mass is 32.2. The van der Waals surface area contributed by atoms with Gasteiger partial charge in [0.15, 0.2) is 0 Å². The van der Waals surface area contributed by atoms with E-state index in [9.17, 15) is 9.59 Å². The van der Waals surface area contributed by atoms with E-state index in [1.807, 2.05) is 16.7 Å². The first kappa shape index (κ1) is 14.7. The lowest BCUT2D eigenvalue weighted by molar-refractivity contribution is -0.131. The van der Waals surface area contributed by atoms with Crippen LogP contribution in [0, 0.1) is 0 Å². The molecule has 5 heteroatoms. The zero-order valence-electron chi connectivity index (χ0n) is 11.3. The molecule has 1 aromatic rings. The second kappa shape index (κ2) is 6.61. The minimum atomic E-state index is -0.997. The molecule has 1 aliphatic rings. The molecule has 106 valence electrons. The van der Waals surface area contributed by atoms with Gasteiger partial charge in [-0.1, -0.05) is 12.1 Å². The molecular formula is C15H17NO3S. The number of benzene rings is 1. The van der Waals surface area contributed by atoms with Gasteiger partial charge in [0.05, 0.1) is 0 Å². The molecule has 20 heavy (non-hydrogen) atoms. The minimum absolute atomic E-state index is 0.0170. The fourth-order valence-corrected chi connectivity index (χ4v) is 3.15. The van der Waals surface area contributed by atoms with E-state index in [2.05, 4.69) is 6.92 Å². The van der Waals surface area contributed by atoms with E-state index in [0.29, 0.717) is 5.56 Å². The predicted octanol–water partition coefficient (Wildman–Crippen LogP) is 2.36. The Labute approximate surface area is 122 Å². The zero-order valence-corrected chi connectivity index (χ0v) is 12.1. The Balaban J connectivity index is 2.17. The number of hydrogen-bond donors (Lipinski definition) is 1. The number of thioether (sulfide) groups is 1. The van der Waals surface area contributed by atoms with Crippen LogP contribution in [0.1, 0.15) is 22.8 Å². The molecule has 0 aromatic heterocycles. The molecule has 1 fully saturated rings. The average molecular weight is 291 g/mol. The summed E-state index contributed by atoms with van der Waals surface area (Å²) in [7, 11) is 0. The third kappa shape index (κ3) is 3.63. The Morgan fingerprint density at radius 3 is 2.95 bits per heavy atom. The van der Waals surface area contributed by atoms with Crippen molar-refractivity contribution in [3.05, 3.63) is 41.5 Å². The van der Waals surface area contributed by atoms with Gasteiger partial charge < -0.3 is 10.0 Å². The zero-order chi connectivity index (χ0) is 14.5. The van der Waals surface area contributed by atoms with Crippen LogP contribution in [0.2, 0.25) is 0 Å².